The van der Waals surface area contributed by atoms with E-state index in [0.29, 0.717) is 11.2 Å². The van der Waals surface area contributed by atoms with Gasteiger partial charge in [0.1, 0.15) is 0 Å². The van der Waals surface area contributed by atoms with Crippen molar-refractivity contribution in [3.05, 3.63) is 33.6 Å². The molecule has 2 N–H and O–H groups in total. The fourth-order valence-electron chi connectivity index (χ4n) is 2.94. The van der Waals surface area contributed by atoms with E-state index in [0.717, 1.165) is 16.6 Å². The van der Waals surface area contributed by atoms with Gasteiger partial charge in [-0.3, -0.25) is 4.79 Å². The van der Waals surface area contributed by atoms with Crippen LogP contribution in [0.4, 0.5) is 0 Å². The van der Waals surface area contributed by atoms with Crippen molar-refractivity contribution in [1.82, 2.24) is 20.1 Å². The highest BCUT2D eigenvalue weighted by Gasteiger charge is 2.19. The van der Waals surface area contributed by atoms with Crippen molar-refractivity contribution in [3.8, 4) is 11.3 Å². The van der Waals surface area contributed by atoms with Crippen LogP contribution in [0.1, 0.15) is 46.9 Å². The van der Waals surface area contributed by atoms with E-state index in [1.54, 1.807) is 24.5 Å². The standard InChI is InChI=1S/C19H24N4O2S/c1-10(2)23-18-16(9-21-23)15(19(25)20-8-11(3)24)7-17(22-18)14-6-12(4)26-13(14)5/h6-7,9-11,24H,8H2,1-5H3,(H,20,25). The first-order valence-electron chi connectivity index (χ1n) is 8.70. The van der Waals surface area contributed by atoms with Crippen LogP contribution >= 0.6 is 11.3 Å². The molecular formula is C19H24N4O2S. The van der Waals surface area contributed by atoms with Gasteiger partial charge in [0.05, 0.1) is 28.9 Å². The second kappa shape index (κ2) is 7.17. The Bertz CT molecular complexity index is 956. The summed E-state index contributed by atoms with van der Waals surface area (Å²) in [5, 5.41) is 17.4. The molecule has 1 atom stereocenters. The van der Waals surface area contributed by atoms with Gasteiger partial charge in [0, 0.05) is 27.9 Å². The van der Waals surface area contributed by atoms with Gasteiger partial charge in [-0.15, -0.1) is 11.3 Å². The third kappa shape index (κ3) is 3.50. The Morgan fingerprint density at radius 3 is 2.62 bits per heavy atom. The Morgan fingerprint density at radius 2 is 2.04 bits per heavy atom. The zero-order valence-corrected chi connectivity index (χ0v) is 16.5. The molecule has 1 amide bonds. The second-order valence-corrected chi connectivity index (χ2v) is 8.32. The lowest BCUT2D eigenvalue weighted by atomic mass is 10.1. The van der Waals surface area contributed by atoms with Crippen molar-refractivity contribution in [2.45, 2.75) is 46.8 Å². The molecule has 3 heterocycles. The number of rotatable bonds is 5. The number of thiophene rings is 1. The summed E-state index contributed by atoms with van der Waals surface area (Å²) < 4.78 is 1.83. The summed E-state index contributed by atoms with van der Waals surface area (Å²) in [6, 6.07) is 4.05. The molecule has 0 fully saturated rings. The number of pyridine rings is 1. The van der Waals surface area contributed by atoms with Crippen LogP contribution < -0.4 is 5.32 Å². The molecule has 3 aromatic heterocycles. The van der Waals surface area contributed by atoms with Crippen molar-refractivity contribution in [2.75, 3.05) is 6.54 Å². The number of amides is 1. The van der Waals surface area contributed by atoms with E-state index >= 15 is 0 Å². The van der Waals surface area contributed by atoms with Crippen molar-refractivity contribution in [3.63, 3.8) is 0 Å². The normalized spacial score (nSPS) is 12.7. The van der Waals surface area contributed by atoms with Crippen LogP contribution in [-0.4, -0.2) is 38.4 Å². The molecule has 3 rings (SSSR count). The van der Waals surface area contributed by atoms with Gasteiger partial charge in [-0.2, -0.15) is 5.10 Å². The number of carbonyl (C=O) groups excluding carboxylic acids is 1. The summed E-state index contributed by atoms with van der Waals surface area (Å²) in [4.78, 5) is 19.9. The number of aromatic nitrogens is 3. The first-order chi connectivity index (χ1) is 12.3. The molecule has 0 spiro atoms. The molecule has 0 radical (unpaired) electrons. The summed E-state index contributed by atoms with van der Waals surface area (Å²) in [6.07, 6.45) is 1.09. The molecule has 0 saturated heterocycles. The van der Waals surface area contributed by atoms with E-state index in [-0.39, 0.29) is 18.5 Å². The zero-order chi connectivity index (χ0) is 19.0. The lowest BCUT2D eigenvalue weighted by Gasteiger charge is -2.11. The third-order valence-corrected chi connectivity index (χ3v) is 5.14. The maximum absolute atomic E-state index is 12.7. The van der Waals surface area contributed by atoms with Crippen molar-refractivity contribution in [2.24, 2.45) is 0 Å². The topological polar surface area (TPSA) is 80.0 Å². The number of carbonyl (C=O) groups is 1. The van der Waals surface area contributed by atoms with E-state index in [1.807, 2.05) is 24.6 Å². The Hall–Kier alpha value is -2.25. The summed E-state index contributed by atoms with van der Waals surface area (Å²) in [5.74, 6) is -0.229. The van der Waals surface area contributed by atoms with Crippen LogP contribution in [0.3, 0.4) is 0 Å². The van der Waals surface area contributed by atoms with Gasteiger partial charge in [-0.05, 0) is 46.8 Å². The van der Waals surface area contributed by atoms with Crippen LogP contribution in [0.25, 0.3) is 22.3 Å². The minimum absolute atomic E-state index is 0.133. The second-order valence-electron chi connectivity index (χ2n) is 6.86. The molecule has 0 aromatic carbocycles. The van der Waals surface area contributed by atoms with Gasteiger partial charge in [-0.25, -0.2) is 9.67 Å². The number of hydrogen-bond donors (Lipinski definition) is 2. The third-order valence-electron chi connectivity index (χ3n) is 4.18. The van der Waals surface area contributed by atoms with Crippen LogP contribution in [0.15, 0.2) is 18.3 Å². The summed E-state index contributed by atoms with van der Waals surface area (Å²) >= 11 is 1.71. The Morgan fingerprint density at radius 1 is 1.31 bits per heavy atom. The van der Waals surface area contributed by atoms with Gasteiger partial charge in [0.2, 0.25) is 0 Å². The van der Waals surface area contributed by atoms with Gasteiger partial charge in [0.25, 0.3) is 5.91 Å². The van der Waals surface area contributed by atoms with Crippen molar-refractivity contribution in [1.29, 1.82) is 0 Å². The van der Waals surface area contributed by atoms with Crippen LogP contribution in [0.5, 0.6) is 0 Å². The molecule has 7 heteroatoms. The molecule has 0 aliphatic carbocycles. The summed E-state index contributed by atoms with van der Waals surface area (Å²) in [5.41, 5.74) is 3.03. The first-order valence-corrected chi connectivity index (χ1v) is 9.51. The number of fused-ring (bicyclic) bond motifs is 1. The highest BCUT2D eigenvalue weighted by Crippen LogP contribution is 2.32. The van der Waals surface area contributed by atoms with E-state index in [1.165, 1.54) is 9.75 Å². The SMILES string of the molecule is Cc1cc(-c2cc(C(=O)NCC(C)O)c3cnn(C(C)C)c3n2)c(C)s1. The van der Waals surface area contributed by atoms with E-state index < -0.39 is 6.10 Å². The van der Waals surface area contributed by atoms with E-state index in [9.17, 15) is 9.90 Å². The Balaban J connectivity index is 2.18. The predicted octanol–water partition coefficient (Wildman–Crippen LogP) is 3.47. The van der Waals surface area contributed by atoms with Crippen LogP contribution in [0, 0.1) is 13.8 Å². The molecule has 26 heavy (non-hydrogen) atoms. The molecule has 0 bridgehead atoms. The number of nitrogens with zero attached hydrogens (tertiary/aromatic N) is 3. The smallest absolute Gasteiger partial charge is 0.252 e. The van der Waals surface area contributed by atoms with Gasteiger partial charge < -0.3 is 10.4 Å². The number of aliphatic hydroxyl groups is 1. The first kappa shape index (κ1) is 18.5. The monoisotopic (exact) mass is 372 g/mol. The fourth-order valence-corrected chi connectivity index (χ4v) is 3.88. The average molecular weight is 372 g/mol. The zero-order valence-electron chi connectivity index (χ0n) is 15.7. The molecule has 0 aliphatic rings. The van der Waals surface area contributed by atoms with E-state index in [2.05, 4.69) is 30.3 Å². The minimum Gasteiger partial charge on any atom is -0.392 e. The van der Waals surface area contributed by atoms with Crippen LogP contribution in [-0.2, 0) is 0 Å². The average Bonchev–Trinajstić information content (AvgIpc) is 3.14. The quantitative estimate of drug-likeness (QED) is 0.719. The number of aliphatic hydroxyl groups excluding tert-OH is 1. The Kier molecular flexibility index (Phi) is 5.11. The van der Waals surface area contributed by atoms with Crippen LogP contribution in [0.2, 0.25) is 0 Å². The van der Waals surface area contributed by atoms with Gasteiger partial charge in [-0.1, -0.05) is 0 Å². The molecule has 0 aliphatic heterocycles. The maximum atomic E-state index is 12.7. The Labute approximate surface area is 156 Å². The number of nitrogens with one attached hydrogen (secondary N) is 1. The van der Waals surface area contributed by atoms with Gasteiger partial charge in [0.15, 0.2) is 5.65 Å². The van der Waals surface area contributed by atoms with Gasteiger partial charge >= 0.3 is 0 Å². The largest absolute Gasteiger partial charge is 0.392 e. The van der Waals surface area contributed by atoms with E-state index in [4.69, 9.17) is 4.98 Å². The summed E-state index contributed by atoms with van der Waals surface area (Å²) in [7, 11) is 0. The number of aryl methyl sites for hydroxylation is 2. The highest BCUT2D eigenvalue weighted by molar-refractivity contribution is 7.12. The molecule has 138 valence electrons. The van der Waals surface area contributed by atoms with Crippen molar-refractivity contribution < 1.29 is 9.90 Å². The molecule has 0 saturated carbocycles. The predicted molar refractivity (Wildman–Crippen MR) is 105 cm³/mol. The maximum Gasteiger partial charge on any atom is 0.252 e. The molecule has 1 unspecified atom stereocenters. The molecule has 6 nitrogen and oxygen atoms in total. The number of hydrogen-bond acceptors (Lipinski definition) is 5. The molecule has 3 aromatic rings. The van der Waals surface area contributed by atoms with Crippen molar-refractivity contribution >= 4 is 28.3 Å². The summed E-state index contributed by atoms with van der Waals surface area (Å²) in [6.45, 7) is 10.0. The molecular weight excluding hydrogens is 348 g/mol. The lowest BCUT2D eigenvalue weighted by Crippen LogP contribution is -2.30. The fraction of sp³-hybridized carbons (Fsp3) is 0.421. The minimum atomic E-state index is -0.601. The highest BCUT2D eigenvalue weighted by atomic mass is 32.1. The lowest BCUT2D eigenvalue weighted by molar-refractivity contribution is 0.0925.